The van der Waals surface area contributed by atoms with Crippen LogP contribution in [0, 0.1) is 5.92 Å². The maximum atomic E-state index is 5.70. The van der Waals surface area contributed by atoms with Crippen LogP contribution in [0.15, 0.2) is 0 Å². The van der Waals surface area contributed by atoms with Crippen molar-refractivity contribution in [3.05, 3.63) is 0 Å². The van der Waals surface area contributed by atoms with Crippen LogP contribution < -0.4 is 5.73 Å². The zero-order valence-electron chi connectivity index (χ0n) is 10.7. The fourth-order valence-electron chi connectivity index (χ4n) is 2.73. The minimum Gasteiger partial charge on any atom is -0.330 e. The Hall–Kier alpha value is -0.0800. The fraction of sp³-hybridized carbons (Fsp3) is 1.00. The van der Waals surface area contributed by atoms with E-state index in [-0.39, 0.29) is 0 Å². The molecule has 0 bridgehead atoms. The van der Waals surface area contributed by atoms with Crippen molar-refractivity contribution < 1.29 is 0 Å². The van der Waals surface area contributed by atoms with E-state index in [9.17, 15) is 0 Å². The summed E-state index contributed by atoms with van der Waals surface area (Å²) >= 11 is 0. The summed E-state index contributed by atoms with van der Waals surface area (Å²) in [7, 11) is 0. The number of nitrogens with zero attached hydrogens (tertiary/aromatic N) is 1. The predicted octanol–water partition coefficient (Wildman–Crippen LogP) is 2.62. The van der Waals surface area contributed by atoms with Gasteiger partial charge in [0.1, 0.15) is 0 Å². The van der Waals surface area contributed by atoms with Gasteiger partial charge in [0, 0.05) is 12.1 Å². The zero-order chi connectivity index (χ0) is 11.3. The first kappa shape index (κ1) is 13.0. The molecule has 15 heavy (non-hydrogen) atoms. The molecule has 1 fully saturated rings. The van der Waals surface area contributed by atoms with E-state index in [2.05, 4.69) is 25.7 Å². The van der Waals surface area contributed by atoms with Crippen LogP contribution in [0.4, 0.5) is 0 Å². The summed E-state index contributed by atoms with van der Waals surface area (Å²) in [4.78, 5) is 2.71. The van der Waals surface area contributed by atoms with E-state index in [0.717, 1.165) is 24.5 Å². The Morgan fingerprint density at radius 1 is 1.33 bits per heavy atom. The van der Waals surface area contributed by atoms with Crippen LogP contribution in [-0.2, 0) is 0 Å². The molecule has 0 aromatic heterocycles. The van der Waals surface area contributed by atoms with Crippen molar-refractivity contribution in [3.8, 4) is 0 Å². The Bertz CT molecular complexity index is 166. The van der Waals surface area contributed by atoms with Crippen LogP contribution in [0.3, 0.4) is 0 Å². The van der Waals surface area contributed by atoms with E-state index in [0.29, 0.717) is 0 Å². The molecule has 0 aromatic rings. The first-order valence-electron chi connectivity index (χ1n) is 6.66. The molecule has 90 valence electrons. The summed E-state index contributed by atoms with van der Waals surface area (Å²) < 4.78 is 0. The highest BCUT2D eigenvalue weighted by atomic mass is 15.2. The maximum absolute atomic E-state index is 5.70. The highest BCUT2D eigenvalue weighted by molar-refractivity contribution is 4.83. The van der Waals surface area contributed by atoms with Crippen LogP contribution >= 0.6 is 0 Å². The number of likely N-dealkylation sites (tertiary alicyclic amines) is 1. The summed E-state index contributed by atoms with van der Waals surface area (Å²) in [6.07, 6.45) is 6.60. The zero-order valence-corrected chi connectivity index (χ0v) is 10.7. The lowest BCUT2D eigenvalue weighted by molar-refractivity contribution is 0.0700. The van der Waals surface area contributed by atoms with Gasteiger partial charge in [0.2, 0.25) is 0 Å². The second-order valence-electron chi connectivity index (χ2n) is 5.09. The Balaban J connectivity index is 2.54. The van der Waals surface area contributed by atoms with Gasteiger partial charge in [0.25, 0.3) is 0 Å². The summed E-state index contributed by atoms with van der Waals surface area (Å²) in [5, 5.41) is 0. The number of rotatable bonds is 5. The smallest absolute Gasteiger partial charge is 0.0110 e. The van der Waals surface area contributed by atoms with E-state index in [4.69, 9.17) is 5.73 Å². The average molecular weight is 212 g/mol. The minimum absolute atomic E-state index is 0.729. The van der Waals surface area contributed by atoms with Gasteiger partial charge in [-0.25, -0.2) is 0 Å². The van der Waals surface area contributed by atoms with Crippen molar-refractivity contribution in [1.29, 1.82) is 0 Å². The average Bonchev–Trinajstić information content (AvgIpc) is 2.28. The lowest BCUT2D eigenvalue weighted by Gasteiger charge is -2.42. The molecule has 0 aromatic carbocycles. The van der Waals surface area contributed by atoms with Crippen LogP contribution in [0.5, 0.6) is 0 Å². The van der Waals surface area contributed by atoms with Crippen molar-refractivity contribution in [2.75, 3.05) is 13.1 Å². The molecule has 3 unspecified atom stereocenters. The lowest BCUT2D eigenvalue weighted by atomic mass is 9.92. The molecule has 3 atom stereocenters. The molecule has 1 aliphatic rings. The van der Waals surface area contributed by atoms with Gasteiger partial charge >= 0.3 is 0 Å². The molecule has 0 amide bonds. The largest absolute Gasteiger partial charge is 0.330 e. The third kappa shape index (κ3) is 3.46. The van der Waals surface area contributed by atoms with Gasteiger partial charge in [-0.2, -0.15) is 0 Å². The second-order valence-corrected chi connectivity index (χ2v) is 5.09. The molecule has 2 heteroatoms. The molecule has 0 saturated carbocycles. The minimum atomic E-state index is 0.729. The molecule has 1 saturated heterocycles. The number of piperidine rings is 1. The molecule has 1 heterocycles. The summed E-state index contributed by atoms with van der Waals surface area (Å²) in [5.41, 5.74) is 5.70. The van der Waals surface area contributed by atoms with Gasteiger partial charge in [0.05, 0.1) is 0 Å². The molecule has 0 spiro atoms. The molecule has 0 aliphatic carbocycles. The van der Waals surface area contributed by atoms with Gasteiger partial charge in [-0.05, 0) is 45.2 Å². The molecule has 1 aliphatic heterocycles. The number of nitrogens with two attached hydrogens (primary N) is 1. The summed E-state index contributed by atoms with van der Waals surface area (Å²) in [6.45, 7) is 9.19. The SMILES string of the molecule is CCC(C)C(C)N1CCCCC1CCN. The van der Waals surface area contributed by atoms with Crippen LogP contribution in [-0.4, -0.2) is 30.1 Å². The van der Waals surface area contributed by atoms with Gasteiger partial charge in [0.15, 0.2) is 0 Å². The van der Waals surface area contributed by atoms with Crippen LogP contribution in [0.1, 0.15) is 52.9 Å². The first-order chi connectivity index (χ1) is 7.20. The monoisotopic (exact) mass is 212 g/mol. The highest BCUT2D eigenvalue weighted by Crippen LogP contribution is 2.25. The number of hydrogen-bond donors (Lipinski definition) is 1. The van der Waals surface area contributed by atoms with E-state index in [1.807, 2.05) is 0 Å². The van der Waals surface area contributed by atoms with Gasteiger partial charge in [-0.1, -0.05) is 26.7 Å². The summed E-state index contributed by atoms with van der Waals surface area (Å²) in [5.74, 6) is 0.809. The van der Waals surface area contributed by atoms with E-state index in [1.165, 1.54) is 38.6 Å². The molecular formula is C13H28N2. The quantitative estimate of drug-likeness (QED) is 0.759. The second kappa shape index (κ2) is 6.49. The van der Waals surface area contributed by atoms with Crippen molar-refractivity contribution in [3.63, 3.8) is 0 Å². The first-order valence-corrected chi connectivity index (χ1v) is 6.66. The highest BCUT2D eigenvalue weighted by Gasteiger charge is 2.27. The van der Waals surface area contributed by atoms with Crippen molar-refractivity contribution in [2.24, 2.45) is 11.7 Å². The van der Waals surface area contributed by atoms with Crippen LogP contribution in [0.25, 0.3) is 0 Å². The third-order valence-electron chi connectivity index (χ3n) is 4.16. The van der Waals surface area contributed by atoms with Crippen molar-refractivity contribution >= 4 is 0 Å². The molecule has 2 N–H and O–H groups in total. The Morgan fingerprint density at radius 2 is 2.07 bits per heavy atom. The topological polar surface area (TPSA) is 29.3 Å². The standard InChI is InChI=1S/C13H28N2/c1-4-11(2)12(3)15-10-6-5-7-13(15)8-9-14/h11-13H,4-10,14H2,1-3H3. The third-order valence-corrected chi connectivity index (χ3v) is 4.16. The van der Waals surface area contributed by atoms with E-state index < -0.39 is 0 Å². The van der Waals surface area contributed by atoms with Gasteiger partial charge in [-0.3, -0.25) is 4.90 Å². The Kier molecular flexibility index (Phi) is 5.62. The Morgan fingerprint density at radius 3 is 2.67 bits per heavy atom. The van der Waals surface area contributed by atoms with Crippen LogP contribution in [0.2, 0.25) is 0 Å². The lowest BCUT2D eigenvalue weighted by Crippen LogP contribution is -2.48. The van der Waals surface area contributed by atoms with Crippen molar-refractivity contribution in [1.82, 2.24) is 4.90 Å². The van der Waals surface area contributed by atoms with Gasteiger partial charge < -0.3 is 5.73 Å². The molecule has 0 radical (unpaired) electrons. The van der Waals surface area contributed by atoms with E-state index >= 15 is 0 Å². The molecule has 2 nitrogen and oxygen atoms in total. The van der Waals surface area contributed by atoms with Gasteiger partial charge in [-0.15, -0.1) is 0 Å². The normalized spacial score (nSPS) is 27.6. The van der Waals surface area contributed by atoms with E-state index in [1.54, 1.807) is 0 Å². The summed E-state index contributed by atoms with van der Waals surface area (Å²) in [6, 6.07) is 1.49. The Labute approximate surface area is 95.2 Å². The maximum Gasteiger partial charge on any atom is 0.0110 e. The molecule has 1 rings (SSSR count). The predicted molar refractivity (Wildman–Crippen MR) is 66.9 cm³/mol. The van der Waals surface area contributed by atoms with Crippen molar-refractivity contribution in [2.45, 2.75) is 65.0 Å². The number of hydrogen-bond acceptors (Lipinski definition) is 2. The molecular weight excluding hydrogens is 184 g/mol. The fourth-order valence-corrected chi connectivity index (χ4v) is 2.73.